The molecule has 8 heteroatoms. The van der Waals surface area contributed by atoms with Crippen LogP contribution >= 0.6 is 0 Å². The van der Waals surface area contributed by atoms with Crippen molar-refractivity contribution in [3.8, 4) is 5.75 Å². The van der Waals surface area contributed by atoms with Gasteiger partial charge in [0, 0.05) is 18.4 Å². The van der Waals surface area contributed by atoms with Gasteiger partial charge in [-0.1, -0.05) is 24.3 Å². The number of amides is 2. The zero-order valence-electron chi connectivity index (χ0n) is 17.6. The molecule has 164 valence electrons. The lowest BCUT2D eigenvalue weighted by molar-refractivity contribution is -0.122. The first kappa shape index (κ1) is 21.3. The van der Waals surface area contributed by atoms with Gasteiger partial charge in [-0.15, -0.1) is 0 Å². The van der Waals surface area contributed by atoms with Crippen LogP contribution in [0.15, 0.2) is 72.9 Å². The van der Waals surface area contributed by atoms with E-state index in [2.05, 4.69) is 10.3 Å². The van der Waals surface area contributed by atoms with E-state index in [0.29, 0.717) is 36.8 Å². The quantitative estimate of drug-likeness (QED) is 0.531. The number of nitrogen functional groups attached to an aromatic ring is 1. The number of anilines is 3. The summed E-state index contributed by atoms with van der Waals surface area (Å²) in [6.45, 7) is 1.19. The van der Waals surface area contributed by atoms with Crippen LogP contribution in [0.1, 0.15) is 5.69 Å². The van der Waals surface area contributed by atoms with Gasteiger partial charge in [-0.3, -0.25) is 19.5 Å². The third-order valence-electron chi connectivity index (χ3n) is 5.11. The van der Waals surface area contributed by atoms with Crippen molar-refractivity contribution in [3.05, 3.63) is 78.6 Å². The number of fused-ring (bicyclic) bond motifs is 1. The second-order valence-corrected chi connectivity index (χ2v) is 7.36. The third-order valence-corrected chi connectivity index (χ3v) is 5.11. The molecule has 4 rings (SSSR count). The minimum atomic E-state index is -0.207. The molecule has 0 saturated carbocycles. The molecular formula is C24H25N5O3. The molecule has 1 aromatic heterocycles. The van der Waals surface area contributed by atoms with Crippen LogP contribution in [0.4, 0.5) is 17.1 Å². The molecule has 0 aliphatic carbocycles. The molecule has 32 heavy (non-hydrogen) atoms. The molecule has 2 heterocycles. The van der Waals surface area contributed by atoms with Crippen molar-refractivity contribution >= 4 is 28.9 Å². The van der Waals surface area contributed by atoms with E-state index in [1.807, 2.05) is 48.5 Å². The maximum atomic E-state index is 12.9. The molecule has 3 N–H and O–H groups in total. The van der Waals surface area contributed by atoms with Crippen LogP contribution in [0.5, 0.6) is 5.75 Å². The summed E-state index contributed by atoms with van der Waals surface area (Å²) < 4.78 is 5.75. The number of pyridine rings is 1. The Bertz CT molecular complexity index is 1080. The van der Waals surface area contributed by atoms with Crippen molar-refractivity contribution in [2.75, 3.05) is 41.8 Å². The van der Waals surface area contributed by atoms with Gasteiger partial charge in [-0.25, -0.2) is 0 Å². The maximum absolute atomic E-state index is 12.9. The number of nitrogens with zero attached hydrogens (tertiary/aromatic N) is 3. The number of carbonyl (C=O) groups excluding carboxylic acids is 2. The van der Waals surface area contributed by atoms with Crippen molar-refractivity contribution < 1.29 is 14.3 Å². The van der Waals surface area contributed by atoms with Crippen LogP contribution < -0.4 is 25.6 Å². The fraction of sp³-hybridized carbons (Fsp3) is 0.208. The second kappa shape index (κ2) is 9.93. The van der Waals surface area contributed by atoms with Crippen molar-refractivity contribution in [3.63, 3.8) is 0 Å². The molecular weight excluding hydrogens is 406 g/mol. The topological polar surface area (TPSA) is 101 Å². The zero-order valence-corrected chi connectivity index (χ0v) is 17.6. The first-order valence-electron chi connectivity index (χ1n) is 10.4. The van der Waals surface area contributed by atoms with Crippen LogP contribution in [-0.4, -0.2) is 43.0 Å². The van der Waals surface area contributed by atoms with E-state index in [1.165, 1.54) is 4.90 Å². The standard InChI is InChI=1S/C24H25N5O3/c25-18-9-10-21-22(14-18)29(23(30)16-26-15-19-6-4-5-11-27-19)17-24(31)28(21)12-13-32-20-7-2-1-3-8-20/h1-11,14,26H,12-13,15-17,25H2. The van der Waals surface area contributed by atoms with E-state index < -0.39 is 0 Å². The highest BCUT2D eigenvalue weighted by molar-refractivity contribution is 6.11. The molecule has 0 spiro atoms. The highest BCUT2D eigenvalue weighted by Crippen LogP contribution is 2.35. The summed E-state index contributed by atoms with van der Waals surface area (Å²) in [7, 11) is 0. The normalized spacial score (nSPS) is 13.1. The molecule has 2 aromatic carbocycles. The van der Waals surface area contributed by atoms with Gasteiger partial charge in [-0.2, -0.15) is 0 Å². The van der Waals surface area contributed by atoms with Gasteiger partial charge in [-0.05, 0) is 42.5 Å². The smallest absolute Gasteiger partial charge is 0.247 e. The molecule has 2 amide bonds. The van der Waals surface area contributed by atoms with Crippen molar-refractivity contribution in [1.29, 1.82) is 0 Å². The number of nitrogens with two attached hydrogens (primary N) is 1. The number of nitrogens with one attached hydrogen (secondary N) is 1. The summed E-state index contributed by atoms with van der Waals surface area (Å²) in [5.41, 5.74) is 8.61. The molecule has 0 saturated heterocycles. The van der Waals surface area contributed by atoms with E-state index in [-0.39, 0.29) is 24.9 Å². The van der Waals surface area contributed by atoms with Crippen LogP contribution in [0, 0.1) is 0 Å². The Kier molecular flexibility index (Phi) is 6.62. The number of hydrogen-bond donors (Lipinski definition) is 2. The van der Waals surface area contributed by atoms with Gasteiger partial charge in [0.25, 0.3) is 0 Å². The van der Waals surface area contributed by atoms with Crippen LogP contribution in [-0.2, 0) is 16.1 Å². The van der Waals surface area contributed by atoms with Crippen molar-refractivity contribution in [1.82, 2.24) is 10.3 Å². The molecule has 1 aliphatic heterocycles. The summed E-state index contributed by atoms with van der Waals surface area (Å²) in [6, 6.07) is 20.3. The fourth-order valence-electron chi connectivity index (χ4n) is 3.56. The van der Waals surface area contributed by atoms with E-state index in [0.717, 1.165) is 11.4 Å². The largest absolute Gasteiger partial charge is 0.492 e. The van der Waals surface area contributed by atoms with Crippen LogP contribution in [0.2, 0.25) is 0 Å². The Balaban J connectivity index is 1.43. The predicted molar refractivity (Wildman–Crippen MR) is 123 cm³/mol. The molecule has 0 fully saturated rings. The second-order valence-electron chi connectivity index (χ2n) is 7.36. The number of para-hydroxylation sites is 1. The van der Waals surface area contributed by atoms with Crippen molar-refractivity contribution in [2.45, 2.75) is 6.54 Å². The highest BCUT2D eigenvalue weighted by atomic mass is 16.5. The summed E-state index contributed by atoms with van der Waals surface area (Å²) in [5, 5.41) is 3.09. The first-order chi connectivity index (χ1) is 15.6. The van der Waals surface area contributed by atoms with Gasteiger partial charge in [0.05, 0.1) is 30.2 Å². The Morgan fingerprint density at radius 3 is 2.66 bits per heavy atom. The number of rotatable bonds is 8. The monoisotopic (exact) mass is 431 g/mol. The summed E-state index contributed by atoms with van der Waals surface area (Å²) >= 11 is 0. The number of carbonyl (C=O) groups is 2. The summed E-state index contributed by atoms with van der Waals surface area (Å²) in [6.07, 6.45) is 1.71. The van der Waals surface area contributed by atoms with Crippen LogP contribution in [0.3, 0.4) is 0 Å². The predicted octanol–water partition coefficient (Wildman–Crippen LogP) is 2.21. The highest BCUT2D eigenvalue weighted by Gasteiger charge is 2.32. The number of hydrogen-bond acceptors (Lipinski definition) is 6. The lowest BCUT2D eigenvalue weighted by Crippen LogP contribution is -2.51. The molecule has 0 radical (unpaired) electrons. The fourth-order valence-corrected chi connectivity index (χ4v) is 3.56. The SMILES string of the molecule is Nc1ccc2c(c1)N(C(=O)CNCc1ccccn1)CC(=O)N2CCOc1ccccc1. The maximum Gasteiger partial charge on any atom is 0.247 e. The van der Waals surface area contributed by atoms with Gasteiger partial charge in [0.1, 0.15) is 18.9 Å². The van der Waals surface area contributed by atoms with Gasteiger partial charge < -0.3 is 20.7 Å². The van der Waals surface area contributed by atoms with E-state index >= 15 is 0 Å². The lowest BCUT2D eigenvalue weighted by Gasteiger charge is -2.36. The molecule has 0 unspecified atom stereocenters. The van der Waals surface area contributed by atoms with E-state index in [4.69, 9.17) is 10.5 Å². The Morgan fingerprint density at radius 2 is 1.88 bits per heavy atom. The first-order valence-corrected chi connectivity index (χ1v) is 10.4. The Hall–Kier alpha value is -3.91. The number of aromatic nitrogens is 1. The molecule has 0 bridgehead atoms. The molecule has 3 aromatic rings. The zero-order chi connectivity index (χ0) is 22.3. The summed E-state index contributed by atoms with van der Waals surface area (Å²) in [5.74, 6) is 0.364. The van der Waals surface area contributed by atoms with E-state index in [9.17, 15) is 9.59 Å². The van der Waals surface area contributed by atoms with Gasteiger partial charge in [0.15, 0.2) is 0 Å². The molecule has 8 nitrogen and oxygen atoms in total. The Morgan fingerprint density at radius 1 is 1.06 bits per heavy atom. The number of benzene rings is 2. The molecule has 0 atom stereocenters. The van der Waals surface area contributed by atoms with Gasteiger partial charge >= 0.3 is 0 Å². The Labute approximate surface area is 186 Å². The van der Waals surface area contributed by atoms with Gasteiger partial charge in [0.2, 0.25) is 11.8 Å². The minimum absolute atomic E-state index is 0.0497. The average Bonchev–Trinajstić information content (AvgIpc) is 2.81. The molecule has 1 aliphatic rings. The average molecular weight is 431 g/mol. The summed E-state index contributed by atoms with van der Waals surface area (Å²) in [4.78, 5) is 33.2. The van der Waals surface area contributed by atoms with Crippen molar-refractivity contribution in [2.24, 2.45) is 0 Å². The lowest BCUT2D eigenvalue weighted by atomic mass is 10.1. The van der Waals surface area contributed by atoms with E-state index in [1.54, 1.807) is 29.3 Å². The number of ether oxygens (including phenoxy) is 1. The van der Waals surface area contributed by atoms with Crippen LogP contribution in [0.25, 0.3) is 0 Å². The third kappa shape index (κ3) is 5.04. The minimum Gasteiger partial charge on any atom is -0.492 e.